The Bertz CT molecular complexity index is 727. The van der Waals surface area contributed by atoms with Gasteiger partial charge in [0.25, 0.3) is 0 Å². The molecule has 0 atom stereocenters. The number of phenols is 1. The summed E-state index contributed by atoms with van der Waals surface area (Å²) in [6.45, 7) is 12.7. The van der Waals surface area contributed by atoms with Gasteiger partial charge in [-0.2, -0.15) is 0 Å². The number of methoxy groups -OCH3 is 2. The second kappa shape index (κ2) is 6.62. The fraction of sp³-hybridized carbons (Fsp3) is 0.455. The molecule has 0 saturated carbocycles. The van der Waals surface area contributed by atoms with Crippen LogP contribution in [0.5, 0.6) is 17.2 Å². The molecule has 0 amide bonds. The maximum Gasteiger partial charge on any atom is 0.168 e. The van der Waals surface area contributed by atoms with E-state index < -0.39 is 0 Å². The van der Waals surface area contributed by atoms with Crippen molar-refractivity contribution in [3.8, 4) is 28.4 Å². The summed E-state index contributed by atoms with van der Waals surface area (Å²) in [5.74, 6) is 1.78. The molecule has 2 aromatic carbocycles. The zero-order valence-electron chi connectivity index (χ0n) is 16.7. The van der Waals surface area contributed by atoms with Gasteiger partial charge in [0.05, 0.1) is 14.2 Å². The highest BCUT2D eigenvalue weighted by Crippen LogP contribution is 2.45. The number of para-hydroxylation sites is 1. The lowest BCUT2D eigenvalue weighted by Crippen LogP contribution is -2.17. The van der Waals surface area contributed by atoms with E-state index in [4.69, 9.17) is 9.47 Å². The van der Waals surface area contributed by atoms with E-state index in [2.05, 4.69) is 53.7 Å². The molecule has 3 heteroatoms. The van der Waals surface area contributed by atoms with Crippen molar-refractivity contribution in [1.29, 1.82) is 0 Å². The normalized spacial score (nSPS) is 12.2. The minimum Gasteiger partial charge on any atom is -0.507 e. The SMILES string of the molecule is COc1cccc(-c2cc(C(C)(C)C)c(O)c(C(C)(C)C)c2)c1OC. The molecule has 0 aliphatic heterocycles. The monoisotopic (exact) mass is 342 g/mol. The van der Waals surface area contributed by atoms with Gasteiger partial charge in [0.15, 0.2) is 11.5 Å². The van der Waals surface area contributed by atoms with Gasteiger partial charge >= 0.3 is 0 Å². The first kappa shape index (κ1) is 19.2. The summed E-state index contributed by atoms with van der Waals surface area (Å²) in [4.78, 5) is 0. The Balaban J connectivity index is 2.84. The van der Waals surface area contributed by atoms with Gasteiger partial charge in [-0.05, 0) is 34.6 Å². The van der Waals surface area contributed by atoms with Crippen molar-refractivity contribution >= 4 is 0 Å². The third-order valence-electron chi connectivity index (χ3n) is 4.44. The third-order valence-corrected chi connectivity index (χ3v) is 4.44. The lowest BCUT2D eigenvalue weighted by molar-refractivity contribution is 0.356. The topological polar surface area (TPSA) is 38.7 Å². The quantitative estimate of drug-likeness (QED) is 0.781. The molecular weight excluding hydrogens is 312 g/mol. The number of hydrogen-bond donors (Lipinski definition) is 1. The molecule has 1 N–H and O–H groups in total. The van der Waals surface area contributed by atoms with E-state index in [-0.39, 0.29) is 10.8 Å². The Morgan fingerprint density at radius 3 is 1.72 bits per heavy atom. The molecule has 3 nitrogen and oxygen atoms in total. The fourth-order valence-corrected chi connectivity index (χ4v) is 3.05. The molecule has 0 unspecified atom stereocenters. The first-order chi connectivity index (χ1) is 11.5. The Morgan fingerprint density at radius 2 is 1.32 bits per heavy atom. The second-order valence-corrected chi connectivity index (χ2v) is 8.46. The largest absolute Gasteiger partial charge is 0.507 e. The van der Waals surface area contributed by atoms with E-state index in [1.54, 1.807) is 14.2 Å². The van der Waals surface area contributed by atoms with Gasteiger partial charge in [-0.1, -0.05) is 53.7 Å². The zero-order valence-corrected chi connectivity index (χ0v) is 16.7. The van der Waals surface area contributed by atoms with Gasteiger partial charge in [0.1, 0.15) is 5.75 Å². The summed E-state index contributed by atoms with van der Waals surface area (Å²) in [5.41, 5.74) is 3.49. The average Bonchev–Trinajstić information content (AvgIpc) is 2.52. The van der Waals surface area contributed by atoms with Crippen LogP contribution in [0.1, 0.15) is 52.7 Å². The molecule has 0 radical (unpaired) electrons. The molecule has 0 saturated heterocycles. The first-order valence-corrected chi connectivity index (χ1v) is 8.60. The molecule has 0 heterocycles. The maximum absolute atomic E-state index is 10.9. The number of aromatic hydroxyl groups is 1. The number of phenolic OH excluding ortho intramolecular Hbond substituents is 1. The van der Waals surface area contributed by atoms with Crippen molar-refractivity contribution in [3.05, 3.63) is 41.5 Å². The Kier molecular flexibility index (Phi) is 5.08. The zero-order chi connectivity index (χ0) is 19.0. The van der Waals surface area contributed by atoms with E-state index in [9.17, 15) is 5.11 Å². The molecule has 0 aromatic heterocycles. The number of rotatable bonds is 3. The summed E-state index contributed by atoms with van der Waals surface area (Å²) in [7, 11) is 3.29. The van der Waals surface area contributed by atoms with Crippen molar-refractivity contribution in [2.24, 2.45) is 0 Å². The molecule has 0 aliphatic carbocycles. The van der Waals surface area contributed by atoms with Gasteiger partial charge in [0.2, 0.25) is 0 Å². The van der Waals surface area contributed by atoms with E-state index >= 15 is 0 Å². The van der Waals surface area contributed by atoms with Crippen LogP contribution in [0, 0.1) is 0 Å². The predicted octanol–water partition coefficient (Wildman–Crippen LogP) is 5.67. The number of hydrogen-bond acceptors (Lipinski definition) is 3. The van der Waals surface area contributed by atoms with Crippen LogP contribution < -0.4 is 9.47 Å². The summed E-state index contributed by atoms with van der Waals surface area (Å²) in [6, 6.07) is 9.98. The van der Waals surface area contributed by atoms with E-state index in [0.717, 1.165) is 22.3 Å². The van der Waals surface area contributed by atoms with E-state index in [1.165, 1.54) is 0 Å². The van der Waals surface area contributed by atoms with Gasteiger partial charge in [0, 0.05) is 16.7 Å². The molecule has 0 bridgehead atoms. The minimum absolute atomic E-state index is 0.174. The van der Waals surface area contributed by atoms with Gasteiger partial charge in [-0.25, -0.2) is 0 Å². The second-order valence-electron chi connectivity index (χ2n) is 8.46. The first-order valence-electron chi connectivity index (χ1n) is 8.60. The van der Waals surface area contributed by atoms with Crippen molar-refractivity contribution < 1.29 is 14.6 Å². The molecule has 0 aliphatic rings. The molecule has 2 rings (SSSR count). The lowest BCUT2D eigenvalue weighted by Gasteiger charge is -2.28. The van der Waals surface area contributed by atoms with Crippen LogP contribution in [0.4, 0.5) is 0 Å². The summed E-state index contributed by atoms with van der Waals surface area (Å²) in [6.07, 6.45) is 0. The average molecular weight is 342 g/mol. The van der Waals surface area contributed by atoms with Gasteiger partial charge in [-0.3, -0.25) is 0 Å². The standard InChI is InChI=1S/C22H30O3/c1-21(2,3)16-12-14(13-17(19(16)23)22(4,5)6)15-10-9-11-18(24-7)20(15)25-8/h9-13,23H,1-8H3. The Morgan fingerprint density at radius 1 is 0.800 bits per heavy atom. The van der Waals surface area contributed by atoms with Gasteiger partial charge in [-0.15, -0.1) is 0 Å². The van der Waals surface area contributed by atoms with Crippen molar-refractivity contribution in [2.45, 2.75) is 52.4 Å². The van der Waals surface area contributed by atoms with Crippen LogP contribution in [0.3, 0.4) is 0 Å². The number of ether oxygens (including phenoxy) is 2. The van der Waals surface area contributed by atoms with Crippen LogP contribution in [0.15, 0.2) is 30.3 Å². The Hall–Kier alpha value is -2.16. The van der Waals surface area contributed by atoms with Crippen molar-refractivity contribution in [1.82, 2.24) is 0 Å². The van der Waals surface area contributed by atoms with E-state index in [0.29, 0.717) is 17.2 Å². The molecule has 136 valence electrons. The molecule has 0 fully saturated rings. The van der Waals surface area contributed by atoms with Crippen LogP contribution in [0.25, 0.3) is 11.1 Å². The van der Waals surface area contributed by atoms with Gasteiger partial charge < -0.3 is 14.6 Å². The van der Waals surface area contributed by atoms with Crippen molar-refractivity contribution in [3.63, 3.8) is 0 Å². The third kappa shape index (κ3) is 3.76. The van der Waals surface area contributed by atoms with Crippen LogP contribution in [0.2, 0.25) is 0 Å². The Labute approximate surface area is 151 Å². The number of benzene rings is 2. The summed E-state index contributed by atoms with van der Waals surface area (Å²) < 4.78 is 11.1. The molecule has 25 heavy (non-hydrogen) atoms. The van der Waals surface area contributed by atoms with Crippen molar-refractivity contribution in [2.75, 3.05) is 14.2 Å². The van der Waals surface area contributed by atoms with Crippen LogP contribution in [-0.2, 0) is 10.8 Å². The molecule has 0 spiro atoms. The predicted molar refractivity (Wildman–Crippen MR) is 104 cm³/mol. The summed E-state index contributed by atoms with van der Waals surface area (Å²) in [5, 5.41) is 10.9. The highest BCUT2D eigenvalue weighted by Gasteiger charge is 2.27. The molecule has 2 aromatic rings. The summed E-state index contributed by atoms with van der Waals surface area (Å²) >= 11 is 0. The fourth-order valence-electron chi connectivity index (χ4n) is 3.05. The highest BCUT2D eigenvalue weighted by molar-refractivity contribution is 5.76. The lowest BCUT2D eigenvalue weighted by atomic mass is 9.77. The highest BCUT2D eigenvalue weighted by atomic mass is 16.5. The molecular formula is C22H30O3. The maximum atomic E-state index is 10.9. The van der Waals surface area contributed by atoms with E-state index in [1.807, 2.05) is 18.2 Å². The van der Waals surface area contributed by atoms with Crippen LogP contribution >= 0.6 is 0 Å². The minimum atomic E-state index is -0.174. The smallest absolute Gasteiger partial charge is 0.168 e. The van der Waals surface area contributed by atoms with Crippen LogP contribution in [-0.4, -0.2) is 19.3 Å².